The second-order valence-electron chi connectivity index (χ2n) is 5.48. The van der Waals surface area contributed by atoms with E-state index in [1.54, 1.807) is 0 Å². The number of hydrogen-bond acceptors (Lipinski definition) is 11. The minimum absolute atomic E-state index is 0.623. The fourth-order valence-corrected chi connectivity index (χ4v) is 2.70. The van der Waals surface area contributed by atoms with Crippen molar-refractivity contribution in [2.45, 2.75) is 30.2 Å². The summed E-state index contributed by atoms with van der Waals surface area (Å²) in [5.41, 5.74) is -4.66. The normalized spacial score (nSPS) is 32.4. The molecule has 0 spiro atoms. The lowest BCUT2D eigenvalue weighted by atomic mass is 9.78. The van der Waals surface area contributed by atoms with Gasteiger partial charge in [0.05, 0.1) is 24.8 Å². The van der Waals surface area contributed by atoms with Gasteiger partial charge >= 0.3 is 5.97 Å². The third kappa shape index (κ3) is 2.76. The number of rotatable bonds is 3. The van der Waals surface area contributed by atoms with E-state index >= 15 is 0 Å². The third-order valence-corrected chi connectivity index (χ3v) is 4.08. The largest absolute Gasteiger partial charge is 0.504 e. The Balaban J connectivity index is 2.74. The lowest BCUT2D eigenvalue weighted by Gasteiger charge is -2.46. The summed E-state index contributed by atoms with van der Waals surface area (Å²) in [4.78, 5) is 11.9. The van der Waals surface area contributed by atoms with E-state index in [4.69, 9.17) is 9.84 Å². The number of esters is 1. The number of carbonyl (C=O) groups is 1. The maximum atomic E-state index is 11.9. The van der Waals surface area contributed by atoms with Crippen molar-refractivity contribution in [1.29, 1.82) is 0 Å². The number of aromatic hydroxyl groups is 3. The Kier molecular flexibility index (Phi) is 5.09. The van der Waals surface area contributed by atoms with Crippen LogP contribution >= 0.6 is 0 Å². The molecule has 5 atom stereocenters. The molecule has 1 unspecified atom stereocenters. The number of aliphatic hydroxyl groups is 5. The van der Waals surface area contributed by atoms with E-state index in [1.165, 1.54) is 0 Å². The number of ether oxygens (including phenoxy) is 2. The van der Waals surface area contributed by atoms with Gasteiger partial charge in [0.25, 0.3) is 0 Å². The van der Waals surface area contributed by atoms with Crippen molar-refractivity contribution in [3.63, 3.8) is 0 Å². The van der Waals surface area contributed by atoms with E-state index in [2.05, 4.69) is 4.74 Å². The van der Waals surface area contributed by atoms with E-state index < -0.39 is 71.2 Å². The summed E-state index contributed by atoms with van der Waals surface area (Å²) in [7, 11) is 0.942. The zero-order chi connectivity index (χ0) is 19.1. The molecule has 1 heterocycles. The smallest absolute Gasteiger partial charge is 0.338 e. The van der Waals surface area contributed by atoms with E-state index in [1.807, 2.05) is 0 Å². The quantitative estimate of drug-likeness (QED) is 0.204. The van der Waals surface area contributed by atoms with Gasteiger partial charge in [-0.25, -0.2) is 4.79 Å². The predicted molar refractivity (Wildman–Crippen MR) is 76.7 cm³/mol. The van der Waals surface area contributed by atoms with Crippen molar-refractivity contribution in [1.82, 2.24) is 0 Å². The first-order valence-electron chi connectivity index (χ1n) is 7.00. The van der Waals surface area contributed by atoms with Crippen LogP contribution < -0.4 is 0 Å². The third-order valence-electron chi connectivity index (χ3n) is 4.08. The molecule has 1 saturated heterocycles. The standard InChI is InChI=1S/C14H18O11/c1-24-12(21)4-2-5(16)8(17)10(19)7(4)14(23)11(20)9(18)6(3-15)25-13(14)22/h2,6,9,11,13,15-20,22-23H,3H2,1H3/t6-,9-,11+,13?,14-/m1/s1. The number of aliphatic hydroxyl groups excluding tert-OH is 4. The van der Waals surface area contributed by atoms with Crippen molar-refractivity contribution < 1.29 is 55.1 Å². The summed E-state index contributed by atoms with van der Waals surface area (Å²) in [5.74, 6) is -4.56. The van der Waals surface area contributed by atoms with Crippen molar-refractivity contribution in [2.75, 3.05) is 13.7 Å². The molecule has 11 heteroatoms. The summed E-state index contributed by atoms with van der Waals surface area (Å²) >= 11 is 0. The molecule has 0 saturated carbocycles. The van der Waals surface area contributed by atoms with Crippen LogP contribution in [0.1, 0.15) is 15.9 Å². The van der Waals surface area contributed by atoms with Crippen molar-refractivity contribution in [2.24, 2.45) is 0 Å². The highest BCUT2D eigenvalue weighted by Gasteiger charge is 2.58. The zero-order valence-corrected chi connectivity index (χ0v) is 12.9. The predicted octanol–water partition coefficient (Wildman–Crippen LogP) is -2.79. The SMILES string of the molecule is COC(=O)c1cc(O)c(O)c(O)c1[C@]1(O)C(O)O[C@H](CO)[C@@H](O)[C@@H]1O. The van der Waals surface area contributed by atoms with Crippen molar-refractivity contribution in [3.05, 3.63) is 17.2 Å². The molecule has 0 amide bonds. The summed E-state index contributed by atoms with van der Waals surface area (Å²) in [6, 6.07) is 0.623. The van der Waals surface area contributed by atoms with E-state index in [-0.39, 0.29) is 0 Å². The average Bonchev–Trinajstić information content (AvgIpc) is 2.59. The van der Waals surface area contributed by atoms with Gasteiger partial charge in [0.1, 0.15) is 18.3 Å². The Bertz CT molecular complexity index is 675. The van der Waals surface area contributed by atoms with Gasteiger partial charge in [-0.2, -0.15) is 0 Å². The molecule has 25 heavy (non-hydrogen) atoms. The minimum Gasteiger partial charge on any atom is -0.504 e. The number of phenolic OH excluding ortho intramolecular Hbond substituents is 3. The Morgan fingerprint density at radius 2 is 1.84 bits per heavy atom. The Hall–Kier alpha value is -2.15. The second kappa shape index (κ2) is 6.63. The molecule has 1 aliphatic heterocycles. The maximum Gasteiger partial charge on any atom is 0.338 e. The molecule has 1 aliphatic rings. The Labute approximate surface area is 140 Å². The van der Waals surface area contributed by atoms with Gasteiger partial charge in [-0.3, -0.25) is 0 Å². The van der Waals surface area contributed by atoms with Gasteiger partial charge in [-0.05, 0) is 6.07 Å². The van der Waals surface area contributed by atoms with Crippen molar-refractivity contribution >= 4 is 5.97 Å². The fourth-order valence-electron chi connectivity index (χ4n) is 2.70. The molecule has 140 valence electrons. The molecular weight excluding hydrogens is 344 g/mol. The first kappa shape index (κ1) is 19.2. The zero-order valence-electron chi connectivity index (χ0n) is 12.9. The summed E-state index contributed by atoms with van der Waals surface area (Å²) in [5, 5.41) is 79.4. The van der Waals surface area contributed by atoms with Gasteiger partial charge in [-0.15, -0.1) is 0 Å². The van der Waals surface area contributed by atoms with Crippen LogP contribution in [-0.4, -0.2) is 85.1 Å². The summed E-state index contributed by atoms with van der Waals surface area (Å²) < 4.78 is 9.26. The van der Waals surface area contributed by atoms with Crippen LogP contribution in [0.2, 0.25) is 0 Å². The van der Waals surface area contributed by atoms with Crippen LogP contribution in [0.3, 0.4) is 0 Å². The van der Waals surface area contributed by atoms with Gasteiger partial charge in [0, 0.05) is 0 Å². The van der Waals surface area contributed by atoms with Gasteiger partial charge in [-0.1, -0.05) is 0 Å². The Morgan fingerprint density at radius 3 is 2.36 bits per heavy atom. The summed E-state index contributed by atoms with van der Waals surface area (Å²) in [6.07, 6.45) is -7.99. The van der Waals surface area contributed by atoms with Gasteiger partial charge in [0.15, 0.2) is 23.4 Å². The second-order valence-corrected chi connectivity index (χ2v) is 5.48. The molecule has 1 fully saturated rings. The van der Waals surface area contributed by atoms with Crippen molar-refractivity contribution in [3.8, 4) is 17.2 Å². The molecular formula is C14H18O11. The van der Waals surface area contributed by atoms with Gasteiger partial charge in [0.2, 0.25) is 5.75 Å². The first-order chi connectivity index (χ1) is 11.6. The highest BCUT2D eigenvalue weighted by atomic mass is 16.6. The molecule has 1 aromatic carbocycles. The molecule has 0 aliphatic carbocycles. The van der Waals surface area contributed by atoms with E-state index in [0.29, 0.717) is 6.07 Å². The summed E-state index contributed by atoms with van der Waals surface area (Å²) in [6.45, 7) is -0.817. The first-order valence-corrected chi connectivity index (χ1v) is 7.00. The number of methoxy groups -OCH3 is 1. The highest BCUT2D eigenvalue weighted by Crippen LogP contribution is 2.48. The fraction of sp³-hybridized carbons (Fsp3) is 0.500. The molecule has 0 radical (unpaired) electrons. The molecule has 1 aromatic rings. The average molecular weight is 362 g/mol. The van der Waals surface area contributed by atoms with Crippen LogP contribution in [0.4, 0.5) is 0 Å². The monoisotopic (exact) mass is 362 g/mol. The lowest BCUT2D eigenvalue weighted by Crippen LogP contribution is -2.65. The molecule has 11 nitrogen and oxygen atoms in total. The van der Waals surface area contributed by atoms with Crippen LogP contribution in [0.15, 0.2) is 6.07 Å². The van der Waals surface area contributed by atoms with Crippen LogP contribution in [-0.2, 0) is 15.1 Å². The van der Waals surface area contributed by atoms with Crippen LogP contribution in [0, 0.1) is 0 Å². The van der Waals surface area contributed by atoms with Crippen LogP contribution in [0.25, 0.3) is 0 Å². The van der Waals surface area contributed by atoms with Crippen LogP contribution in [0.5, 0.6) is 17.2 Å². The van der Waals surface area contributed by atoms with Gasteiger partial charge < -0.3 is 50.3 Å². The van der Waals surface area contributed by atoms with E-state index in [0.717, 1.165) is 7.11 Å². The topological polar surface area (TPSA) is 197 Å². The molecule has 8 N–H and O–H groups in total. The molecule has 2 rings (SSSR count). The highest BCUT2D eigenvalue weighted by molar-refractivity contribution is 5.93. The number of benzene rings is 1. The molecule has 0 bridgehead atoms. The Morgan fingerprint density at radius 1 is 1.24 bits per heavy atom. The van der Waals surface area contributed by atoms with E-state index in [9.17, 15) is 40.5 Å². The lowest BCUT2D eigenvalue weighted by molar-refractivity contribution is -0.335. The minimum atomic E-state index is -3.01. The number of carbonyl (C=O) groups excluding carboxylic acids is 1. The number of hydrogen-bond donors (Lipinski definition) is 8. The number of phenols is 3. The molecule has 0 aromatic heterocycles. The maximum absolute atomic E-state index is 11.9.